The summed E-state index contributed by atoms with van der Waals surface area (Å²) in [6.07, 6.45) is 6.81. The van der Waals surface area contributed by atoms with Crippen LogP contribution in [0.5, 0.6) is 0 Å². The van der Waals surface area contributed by atoms with E-state index >= 15 is 0 Å². The maximum absolute atomic E-state index is 8.84. The van der Waals surface area contributed by atoms with Crippen LogP contribution >= 0.6 is 0 Å². The zero-order valence-electron chi connectivity index (χ0n) is 9.30. The zero-order valence-corrected chi connectivity index (χ0v) is 9.30. The lowest BCUT2D eigenvalue weighted by molar-refractivity contribution is 0.211. The Bertz CT molecular complexity index is 314. The molecule has 0 spiro atoms. The Hall–Kier alpha value is -0.790. The molecule has 1 N–H and O–H groups in total. The lowest BCUT2D eigenvalue weighted by atomic mass is 9.62. The van der Waals surface area contributed by atoms with Crippen LogP contribution in [-0.4, -0.2) is 10.9 Å². The maximum Gasteiger partial charge on any atom is 0.0804 e. The minimum Gasteiger partial charge on any atom is -0.411 e. The average molecular weight is 193 g/mol. The molecule has 1 saturated carbocycles. The Morgan fingerprint density at radius 1 is 1.29 bits per heavy atom. The summed E-state index contributed by atoms with van der Waals surface area (Å²) >= 11 is 0. The maximum atomic E-state index is 8.84. The molecule has 2 rings (SSSR count). The van der Waals surface area contributed by atoms with Gasteiger partial charge in [-0.15, -0.1) is 0 Å². The highest BCUT2D eigenvalue weighted by molar-refractivity contribution is 5.99. The van der Waals surface area contributed by atoms with Crippen molar-refractivity contribution in [1.82, 2.24) is 0 Å². The first kappa shape index (κ1) is 9.75. The molecular weight excluding hydrogens is 174 g/mol. The molecule has 1 fully saturated rings. The number of rotatable bonds is 0. The first-order chi connectivity index (χ1) is 6.48. The molecule has 0 aromatic heterocycles. The van der Waals surface area contributed by atoms with E-state index < -0.39 is 0 Å². The van der Waals surface area contributed by atoms with Gasteiger partial charge in [-0.25, -0.2) is 0 Å². The number of allylic oxidation sites excluding steroid dienone is 2. The van der Waals surface area contributed by atoms with Crippen LogP contribution in [-0.2, 0) is 0 Å². The molecule has 0 unspecified atom stereocenters. The molecule has 2 nitrogen and oxygen atoms in total. The van der Waals surface area contributed by atoms with Crippen LogP contribution in [0.2, 0.25) is 0 Å². The smallest absolute Gasteiger partial charge is 0.0804 e. The molecule has 0 radical (unpaired) electrons. The van der Waals surface area contributed by atoms with Crippen molar-refractivity contribution in [3.63, 3.8) is 0 Å². The Labute approximate surface area is 85.7 Å². The summed E-state index contributed by atoms with van der Waals surface area (Å²) in [6, 6.07) is 0. The summed E-state index contributed by atoms with van der Waals surface area (Å²) in [5.41, 5.74) is 2.91. The van der Waals surface area contributed by atoms with Gasteiger partial charge in [0.15, 0.2) is 0 Å². The van der Waals surface area contributed by atoms with E-state index in [0.29, 0.717) is 5.41 Å². The number of hydrogen-bond acceptors (Lipinski definition) is 2. The monoisotopic (exact) mass is 193 g/mol. The van der Waals surface area contributed by atoms with Gasteiger partial charge < -0.3 is 5.21 Å². The van der Waals surface area contributed by atoms with E-state index in [-0.39, 0.29) is 5.41 Å². The SMILES string of the molecule is CC1(C)CCC[C@@]2(C)C/C(=N/O)C=C12. The molecular formula is C12H19NO. The van der Waals surface area contributed by atoms with Crippen LogP contribution in [0.4, 0.5) is 0 Å². The third-order valence-electron chi connectivity index (χ3n) is 3.92. The normalized spacial score (nSPS) is 38.2. The molecule has 2 heteroatoms. The van der Waals surface area contributed by atoms with Crippen molar-refractivity contribution in [3.05, 3.63) is 11.6 Å². The van der Waals surface area contributed by atoms with E-state index in [1.54, 1.807) is 0 Å². The molecule has 0 bridgehead atoms. The van der Waals surface area contributed by atoms with E-state index in [2.05, 4.69) is 32.0 Å². The Balaban J connectivity index is 2.42. The predicted molar refractivity (Wildman–Crippen MR) is 57.7 cm³/mol. The summed E-state index contributed by atoms with van der Waals surface area (Å²) in [5.74, 6) is 0. The van der Waals surface area contributed by atoms with Gasteiger partial charge in [0, 0.05) is 6.42 Å². The second-order valence-electron chi connectivity index (χ2n) is 5.62. The predicted octanol–water partition coefficient (Wildman–Crippen LogP) is 3.36. The molecule has 0 aliphatic heterocycles. The summed E-state index contributed by atoms with van der Waals surface area (Å²) in [6.45, 7) is 6.91. The molecule has 0 amide bonds. The molecule has 14 heavy (non-hydrogen) atoms. The van der Waals surface area contributed by atoms with Crippen molar-refractivity contribution in [2.24, 2.45) is 16.0 Å². The average Bonchev–Trinajstić information content (AvgIpc) is 2.43. The third-order valence-corrected chi connectivity index (χ3v) is 3.92. The van der Waals surface area contributed by atoms with E-state index in [4.69, 9.17) is 5.21 Å². The lowest BCUT2D eigenvalue weighted by Gasteiger charge is -2.43. The molecule has 78 valence electrons. The van der Waals surface area contributed by atoms with Crippen molar-refractivity contribution in [1.29, 1.82) is 0 Å². The largest absolute Gasteiger partial charge is 0.411 e. The van der Waals surface area contributed by atoms with Gasteiger partial charge in [0.05, 0.1) is 5.71 Å². The standard InChI is InChI=1S/C12H19NO/c1-11(2)5-4-6-12(3)8-9(13-14)7-10(11)12/h7,14H,4-6,8H2,1-3H3/b13-9+/t12-/m0/s1. The van der Waals surface area contributed by atoms with Crippen LogP contribution < -0.4 is 0 Å². The van der Waals surface area contributed by atoms with E-state index in [1.807, 2.05) is 0 Å². The van der Waals surface area contributed by atoms with Gasteiger partial charge in [-0.2, -0.15) is 0 Å². The Kier molecular flexibility index (Phi) is 1.98. The fourth-order valence-corrected chi connectivity index (χ4v) is 3.24. The Morgan fingerprint density at radius 3 is 2.57 bits per heavy atom. The van der Waals surface area contributed by atoms with Gasteiger partial charge in [0.1, 0.15) is 0 Å². The summed E-state index contributed by atoms with van der Waals surface area (Å²) < 4.78 is 0. The van der Waals surface area contributed by atoms with Gasteiger partial charge in [-0.3, -0.25) is 0 Å². The highest BCUT2D eigenvalue weighted by atomic mass is 16.4. The van der Waals surface area contributed by atoms with Crippen LogP contribution in [0, 0.1) is 10.8 Å². The summed E-state index contributed by atoms with van der Waals surface area (Å²) in [5, 5.41) is 12.2. The minimum absolute atomic E-state index is 0.267. The quantitative estimate of drug-likeness (QED) is 0.464. The first-order valence-electron chi connectivity index (χ1n) is 5.42. The van der Waals surface area contributed by atoms with Crippen LogP contribution in [0.15, 0.2) is 16.8 Å². The fraction of sp³-hybridized carbons (Fsp3) is 0.750. The lowest BCUT2D eigenvalue weighted by Crippen LogP contribution is -2.31. The van der Waals surface area contributed by atoms with Crippen LogP contribution in [0.1, 0.15) is 46.5 Å². The Morgan fingerprint density at radius 2 is 2.00 bits per heavy atom. The molecule has 2 aliphatic carbocycles. The summed E-state index contributed by atoms with van der Waals surface area (Å²) in [4.78, 5) is 0. The second kappa shape index (κ2) is 2.85. The third kappa shape index (κ3) is 1.28. The number of nitrogens with zero attached hydrogens (tertiary/aromatic N) is 1. The van der Waals surface area contributed by atoms with Gasteiger partial charge in [0.25, 0.3) is 0 Å². The molecule has 1 atom stereocenters. The second-order valence-corrected chi connectivity index (χ2v) is 5.62. The zero-order chi connectivity index (χ0) is 10.4. The fourth-order valence-electron chi connectivity index (χ4n) is 3.24. The van der Waals surface area contributed by atoms with Gasteiger partial charge in [-0.1, -0.05) is 37.9 Å². The molecule has 0 heterocycles. The number of oxime groups is 1. The number of fused-ring (bicyclic) bond motifs is 1. The summed E-state index contributed by atoms with van der Waals surface area (Å²) in [7, 11) is 0. The van der Waals surface area contributed by atoms with Crippen molar-refractivity contribution in [3.8, 4) is 0 Å². The van der Waals surface area contributed by atoms with E-state index in [9.17, 15) is 0 Å². The first-order valence-corrected chi connectivity index (χ1v) is 5.42. The minimum atomic E-state index is 0.267. The van der Waals surface area contributed by atoms with Crippen molar-refractivity contribution < 1.29 is 5.21 Å². The van der Waals surface area contributed by atoms with E-state index in [0.717, 1.165) is 12.1 Å². The van der Waals surface area contributed by atoms with Gasteiger partial charge >= 0.3 is 0 Å². The van der Waals surface area contributed by atoms with E-state index in [1.165, 1.54) is 24.8 Å². The van der Waals surface area contributed by atoms with Crippen molar-refractivity contribution in [2.75, 3.05) is 0 Å². The van der Waals surface area contributed by atoms with Crippen molar-refractivity contribution >= 4 is 5.71 Å². The van der Waals surface area contributed by atoms with Crippen LogP contribution in [0.3, 0.4) is 0 Å². The molecule has 2 aliphatic rings. The number of hydrogen-bond donors (Lipinski definition) is 1. The van der Waals surface area contributed by atoms with Gasteiger partial charge in [-0.05, 0) is 29.7 Å². The highest BCUT2D eigenvalue weighted by Gasteiger charge is 2.45. The van der Waals surface area contributed by atoms with Gasteiger partial charge in [0.2, 0.25) is 0 Å². The van der Waals surface area contributed by atoms with Crippen molar-refractivity contribution in [2.45, 2.75) is 46.5 Å². The molecule has 0 aromatic carbocycles. The molecule has 0 saturated heterocycles. The topological polar surface area (TPSA) is 32.6 Å². The highest BCUT2D eigenvalue weighted by Crippen LogP contribution is 2.55. The van der Waals surface area contributed by atoms with Crippen LogP contribution in [0.25, 0.3) is 0 Å². The molecule has 0 aromatic rings.